The Labute approximate surface area is 132 Å². The van der Waals surface area contributed by atoms with Crippen molar-refractivity contribution in [3.05, 3.63) is 22.2 Å². The third-order valence-electron chi connectivity index (χ3n) is 2.47. The van der Waals surface area contributed by atoms with Crippen molar-refractivity contribution in [1.29, 1.82) is 0 Å². The van der Waals surface area contributed by atoms with Gasteiger partial charge in [-0.2, -0.15) is 5.10 Å². The van der Waals surface area contributed by atoms with Crippen LogP contribution in [-0.4, -0.2) is 30.1 Å². The normalized spacial score (nSPS) is 10.6. The van der Waals surface area contributed by atoms with Crippen molar-refractivity contribution < 1.29 is 9.84 Å². The maximum atomic E-state index is 9.69. The second kappa shape index (κ2) is 8.76. The summed E-state index contributed by atoms with van der Waals surface area (Å²) in [6.45, 7) is 2.95. The van der Waals surface area contributed by atoms with Gasteiger partial charge in [-0.3, -0.25) is 5.43 Å². The summed E-state index contributed by atoms with van der Waals surface area (Å²) in [7, 11) is 1.49. The first kappa shape index (κ1) is 16.7. The van der Waals surface area contributed by atoms with Gasteiger partial charge >= 0.3 is 0 Å². The smallest absolute Gasteiger partial charge is 0.186 e. The van der Waals surface area contributed by atoms with Gasteiger partial charge in [-0.05, 0) is 52.3 Å². The summed E-state index contributed by atoms with van der Waals surface area (Å²) < 4.78 is 5.60. The number of rotatable bonds is 6. The Kier molecular flexibility index (Phi) is 7.32. The zero-order valence-electron chi connectivity index (χ0n) is 11.4. The van der Waals surface area contributed by atoms with Crippen LogP contribution in [0.1, 0.15) is 25.3 Å². The maximum absolute atomic E-state index is 9.69. The molecule has 7 heteroatoms. The van der Waals surface area contributed by atoms with Crippen LogP contribution < -0.4 is 15.5 Å². The molecule has 1 aromatic rings. The van der Waals surface area contributed by atoms with Crippen molar-refractivity contribution in [2.24, 2.45) is 5.10 Å². The van der Waals surface area contributed by atoms with Crippen molar-refractivity contribution in [3.8, 4) is 11.5 Å². The molecule has 1 rings (SSSR count). The van der Waals surface area contributed by atoms with E-state index in [1.54, 1.807) is 18.3 Å². The van der Waals surface area contributed by atoms with Gasteiger partial charge in [0, 0.05) is 6.54 Å². The lowest BCUT2D eigenvalue weighted by atomic mass is 10.2. The fourth-order valence-corrected chi connectivity index (χ4v) is 2.02. The Morgan fingerprint density at radius 2 is 2.30 bits per heavy atom. The van der Waals surface area contributed by atoms with Crippen LogP contribution in [0, 0.1) is 0 Å². The number of halogens is 1. The van der Waals surface area contributed by atoms with Crippen LogP contribution in [0.15, 0.2) is 21.7 Å². The number of phenols is 1. The fraction of sp³-hybridized carbons (Fsp3) is 0.385. The van der Waals surface area contributed by atoms with Gasteiger partial charge in [0.2, 0.25) is 0 Å². The summed E-state index contributed by atoms with van der Waals surface area (Å²) in [5, 5.41) is 17.3. The van der Waals surface area contributed by atoms with Gasteiger partial charge in [0.1, 0.15) is 0 Å². The minimum absolute atomic E-state index is 0.0642. The van der Waals surface area contributed by atoms with E-state index in [0.29, 0.717) is 15.3 Å². The first-order valence-corrected chi connectivity index (χ1v) is 7.42. The highest BCUT2D eigenvalue weighted by Gasteiger charge is 2.07. The zero-order chi connectivity index (χ0) is 15.0. The van der Waals surface area contributed by atoms with Crippen LogP contribution in [-0.2, 0) is 0 Å². The third kappa shape index (κ3) is 5.34. The monoisotopic (exact) mass is 359 g/mol. The maximum Gasteiger partial charge on any atom is 0.186 e. The summed E-state index contributed by atoms with van der Waals surface area (Å²) in [5.41, 5.74) is 3.51. The van der Waals surface area contributed by atoms with Crippen molar-refractivity contribution in [2.45, 2.75) is 19.8 Å². The first-order chi connectivity index (χ1) is 9.58. The van der Waals surface area contributed by atoms with Crippen molar-refractivity contribution in [2.75, 3.05) is 13.7 Å². The number of nitrogens with zero attached hydrogens (tertiary/aromatic N) is 1. The lowest BCUT2D eigenvalue weighted by Gasteiger charge is -2.07. The molecule has 110 valence electrons. The Hall–Kier alpha value is -1.34. The number of aromatic hydroxyl groups is 1. The highest BCUT2D eigenvalue weighted by molar-refractivity contribution is 9.10. The molecule has 0 amide bonds. The molecule has 0 saturated heterocycles. The molecular weight excluding hydrogens is 342 g/mol. The molecule has 20 heavy (non-hydrogen) atoms. The number of unbranched alkanes of at least 4 members (excludes halogenated alkanes) is 1. The number of methoxy groups -OCH3 is 1. The quantitative estimate of drug-likeness (QED) is 0.315. The van der Waals surface area contributed by atoms with E-state index in [-0.39, 0.29) is 5.75 Å². The second-order valence-corrected chi connectivity index (χ2v) is 5.30. The minimum atomic E-state index is 0.0642. The van der Waals surface area contributed by atoms with E-state index in [0.717, 1.165) is 24.9 Å². The van der Waals surface area contributed by atoms with E-state index in [4.69, 9.17) is 17.0 Å². The van der Waals surface area contributed by atoms with Crippen molar-refractivity contribution in [3.63, 3.8) is 0 Å². The summed E-state index contributed by atoms with van der Waals surface area (Å²) in [4.78, 5) is 0. The summed E-state index contributed by atoms with van der Waals surface area (Å²) >= 11 is 8.32. The largest absolute Gasteiger partial charge is 0.503 e. The van der Waals surface area contributed by atoms with Crippen LogP contribution in [0.25, 0.3) is 0 Å². The van der Waals surface area contributed by atoms with E-state index in [9.17, 15) is 5.11 Å². The van der Waals surface area contributed by atoms with Crippen molar-refractivity contribution in [1.82, 2.24) is 10.7 Å². The van der Waals surface area contributed by atoms with Gasteiger partial charge in [0.25, 0.3) is 0 Å². The number of hydrazone groups is 1. The number of nitrogens with one attached hydrogen (secondary N) is 2. The Balaban J connectivity index is 2.58. The molecule has 0 fully saturated rings. The average molecular weight is 360 g/mol. The van der Waals surface area contributed by atoms with Crippen LogP contribution in [0.3, 0.4) is 0 Å². The number of thiocarbonyl (C=S) groups is 1. The number of hydrogen-bond acceptors (Lipinski definition) is 4. The van der Waals surface area contributed by atoms with Crippen LogP contribution in [0.5, 0.6) is 11.5 Å². The summed E-state index contributed by atoms with van der Waals surface area (Å²) in [6, 6.07) is 3.41. The third-order valence-corrected chi connectivity index (χ3v) is 3.31. The first-order valence-electron chi connectivity index (χ1n) is 6.21. The van der Waals surface area contributed by atoms with Gasteiger partial charge in [-0.1, -0.05) is 13.3 Å². The Bertz CT molecular complexity index is 495. The van der Waals surface area contributed by atoms with E-state index >= 15 is 0 Å². The van der Waals surface area contributed by atoms with E-state index in [1.807, 2.05) is 0 Å². The lowest BCUT2D eigenvalue weighted by Crippen LogP contribution is -2.32. The molecule has 0 aliphatic heterocycles. The molecule has 1 aromatic carbocycles. The number of benzene rings is 1. The molecule has 0 spiro atoms. The molecule has 0 aliphatic carbocycles. The molecule has 5 nitrogen and oxygen atoms in total. The van der Waals surface area contributed by atoms with E-state index in [1.165, 1.54) is 7.11 Å². The SMILES string of the molecule is CCCCNC(=S)NN=Cc1cc(Br)c(O)c(OC)c1. The van der Waals surface area contributed by atoms with Gasteiger partial charge in [0.05, 0.1) is 17.8 Å². The molecule has 0 aromatic heterocycles. The van der Waals surface area contributed by atoms with E-state index in [2.05, 4.69) is 38.7 Å². The van der Waals surface area contributed by atoms with Gasteiger partial charge in [-0.15, -0.1) is 0 Å². The molecular formula is C13H18BrN3O2S. The molecule has 0 unspecified atom stereocenters. The minimum Gasteiger partial charge on any atom is -0.503 e. The van der Waals surface area contributed by atoms with Crippen LogP contribution in [0.2, 0.25) is 0 Å². The molecule has 0 bridgehead atoms. The predicted molar refractivity (Wildman–Crippen MR) is 88.6 cm³/mol. The molecule has 0 heterocycles. The number of ether oxygens (including phenoxy) is 1. The molecule has 0 atom stereocenters. The molecule has 0 saturated carbocycles. The fourth-order valence-electron chi connectivity index (χ4n) is 1.41. The number of hydrogen-bond donors (Lipinski definition) is 3. The van der Waals surface area contributed by atoms with Gasteiger partial charge < -0.3 is 15.2 Å². The topological polar surface area (TPSA) is 65.9 Å². The van der Waals surface area contributed by atoms with Crippen molar-refractivity contribution >= 4 is 39.5 Å². The molecule has 0 radical (unpaired) electrons. The molecule has 0 aliphatic rings. The second-order valence-electron chi connectivity index (χ2n) is 4.03. The van der Waals surface area contributed by atoms with Gasteiger partial charge in [-0.25, -0.2) is 0 Å². The average Bonchev–Trinajstić information content (AvgIpc) is 2.42. The Morgan fingerprint density at radius 3 is 2.95 bits per heavy atom. The standard InChI is InChI=1S/C13H18BrN3O2S/c1-3-4-5-15-13(20)17-16-8-9-6-10(14)12(18)11(7-9)19-2/h6-8,18H,3-5H2,1-2H3,(H2,15,17,20). The Morgan fingerprint density at radius 1 is 1.55 bits per heavy atom. The lowest BCUT2D eigenvalue weighted by molar-refractivity contribution is 0.372. The van der Waals surface area contributed by atoms with E-state index < -0.39 is 0 Å². The molecule has 3 N–H and O–H groups in total. The van der Waals surface area contributed by atoms with Gasteiger partial charge in [0.15, 0.2) is 16.6 Å². The predicted octanol–water partition coefficient (Wildman–Crippen LogP) is 2.76. The summed E-state index contributed by atoms with van der Waals surface area (Å²) in [5.74, 6) is 0.443. The number of phenolic OH excluding ortho intramolecular Hbond substituents is 1. The summed E-state index contributed by atoms with van der Waals surface area (Å²) in [6.07, 6.45) is 3.77. The zero-order valence-corrected chi connectivity index (χ0v) is 13.8. The van der Waals surface area contributed by atoms with Crippen LogP contribution in [0.4, 0.5) is 0 Å². The van der Waals surface area contributed by atoms with Crippen LogP contribution >= 0.6 is 28.1 Å². The highest BCUT2D eigenvalue weighted by atomic mass is 79.9. The highest BCUT2D eigenvalue weighted by Crippen LogP contribution is 2.34.